The Morgan fingerprint density at radius 2 is 1.92 bits per heavy atom. The number of hydrogen-bond donors (Lipinski definition) is 0. The summed E-state index contributed by atoms with van der Waals surface area (Å²) < 4.78 is 16.6. The van der Waals surface area contributed by atoms with Crippen molar-refractivity contribution >= 4 is 56.8 Å². The van der Waals surface area contributed by atoms with Gasteiger partial charge in [-0.25, -0.2) is 4.79 Å². The van der Waals surface area contributed by atoms with Crippen molar-refractivity contribution in [2.75, 3.05) is 49.3 Å². The summed E-state index contributed by atoms with van der Waals surface area (Å²) in [5, 5.41) is 1.85. The zero-order valence-corrected chi connectivity index (χ0v) is 24.3. The first-order valence-corrected chi connectivity index (χ1v) is 14.7. The van der Waals surface area contributed by atoms with Crippen molar-refractivity contribution in [3.8, 4) is 0 Å². The molecular formula is C29H35ClN4O4S. The lowest BCUT2D eigenvalue weighted by Crippen LogP contribution is -2.47. The number of aromatic nitrogens is 1. The van der Waals surface area contributed by atoms with Crippen LogP contribution in [0.2, 0.25) is 5.02 Å². The van der Waals surface area contributed by atoms with Gasteiger partial charge < -0.3 is 14.4 Å². The van der Waals surface area contributed by atoms with E-state index < -0.39 is 11.8 Å². The van der Waals surface area contributed by atoms with E-state index in [-0.39, 0.29) is 19.1 Å². The molecule has 1 aromatic heterocycles. The minimum Gasteiger partial charge on any atom is -0.428 e. The molecule has 0 N–H and O–H groups in total. The number of nitrogens with zero attached hydrogens (tertiary/aromatic N) is 4. The Kier molecular flexibility index (Phi) is 8.30. The van der Waals surface area contributed by atoms with Gasteiger partial charge in [0, 0.05) is 43.1 Å². The number of halogens is 1. The molecule has 39 heavy (non-hydrogen) atoms. The molecule has 1 fully saturated rings. The highest BCUT2D eigenvalue weighted by molar-refractivity contribution is 7.13. The summed E-state index contributed by atoms with van der Waals surface area (Å²) in [4.78, 5) is 31.2. The zero-order chi connectivity index (χ0) is 27.6. The molecule has 0 saturated carbocycles. The fraction of sp³-hybridized carbons (Fsp3) is 0.483. The number of piperazine rings is 1. The van der Waals surface area contributed by atoms with Gasteiger partial charge in [-0.2, -0.15) is 4.37 Å². The predicted octanol–water partition coefficient (Wildman–Crippen LogP) is 5.89. The van der Waals surface area contributed by atoms with Crippen molar-refractivity contribution in [1.29, 1.82) is 0 Å². The fourth-order valence-electron chi connectivity index (χ4n) is 5.37. The number of ether oxygens (including phenoxy) is 2. The van der Waals surface area contributed by atoms with Crippen molar-refractivity contribution < 1.29 is 19.1 Å². The number of amides is 1. The van der Waals surface area contributed by atoms with Crippen LogP contribution in [0, 0.1) is 0 Å². The van der Waals surface area contributed by atoms with Gasteiger partial charge in [0.15, 0.2) is 6.73 Å². The maximum Gasteiger partial charge on any atom is 0.510 e. The summed E-state index contributed by atoms with van der Waals surface area (Å²) in [5.41, 5.74) is 2.01. The van der Waals surface area contributed by atoms with Crippen molar-refractivity contribution in [2.24, 2.45) is 0 Å². The van der Waals surface area contributed by atoms with Gasteiger partial charge in [-0.3, -0.25) is 14.6 Å². The highest BCUT2D eigenvalue weighted by Gasteiger charge is 2.31. The zero-order valence-electron chi connectivity index (χ0n) is 22.7. The molecular weight excluding hydrogens is 536 g/mol. The third-order valence-electron chi connectivity index (χ3n) is 7.43. The summed E-state index contributed by atoms with van der Waals surface area (Å²) >= 11 is 8.22. The summed E-state index contributed by atoms with van der Waals surface area (Å²) in [5.74, 6) is 0.970. The summed E-state index contributed by atoms with van der Waals surface area (Å²) in [6.07, 6.45) is 1.90. The highest BCUT2D eigenvalue weighted by atomic mass is 35.5. The first-order valence-electron chi connectivity index (χ1n) is 13.5. The smallest absolute Gasteiger partial charge is 0.428 e. The number of fused-ring (bicyclic) bond motifs is 2. The van der Waals surface area contributed by atoms with E-state index in [2.05, 4.69) is 34.1 Å². The number of hydrogen-bond acceptors (Lipinski definition) is 8. The van der Waals surface area contributed by atoms with Crippen molar-refractivity contribution in [2.45, 2.75) is 52.1 Å². The predicted molar refractivity (Wildman–Crippen MR) is 156 cm³/mol. The maximum absolute atomic E-state index is 12.7. The number of benzene rings is 2. The third kappa shape index (κ3) is 6.31. The second kappa shape index (κ2) is 11.7. The molecule has 0 bridgehead atoms. The molecule has 10 heteroatoms. The fourth-order valence-corrected chi connectivity index (χ4v) is 6.41. The Bertz CT molecular complexity index is 1350. The largest absolute Gasteiger partial charge is 0.510 e. The highest BCUT2D eigenvalue weighted by Crippen LogP contribution is 2.35. The number of carbonyl (C=O) groups is 2. The van der Waals surface area contributed by atoms with E-state index in [1.165, 1.54) is 15.0 Å². The van der Waals surface area contributed by atoms with Gasteiger partial charge in [-0.15, -0.1) is 0 Å². The molecule has 0 atom stereocenters. The van der Waals surface area contributed by atoms with Crippen molar-refractivity contribution in [3.63, 3.8) is 0 Å². The maximum atomic E-state index is 12.7. The second-order valence-electron chi connectivity index (χ2n) is 10.8. The van der Waals surface area contributed by atoms with Crippen LogP contribution in [0.25, 0.3) is 10.1 Å². The average molecular weight is 571 g/mol. The first-order chi connectivity index (χ1) is 18.7. The summed E-state index contributed by atoms with van der Waals surface area (Å²) in [6.45, 7) is 10.2. The van der Waals surface area contributed by atoms with Crippen LogP contribution < -0.4 is 9.80 Å². The molecule has 208 valence electrons. The molecule has 5 rings (SSSR count). The Morgan fingerprint density at radius 3 is 2.69 bits per heavy atom. The van der Waals surface area contributed by atoms with Crippen LogP contribution in [0.5, 0.6) is 0 Å². The molecule has 1 saturated heterocycles. The quantitative estimate of drug-likeness (QED) is 0.297. The van der Waals surface area contributed by atoms with Gasteiger partial charge >= 0.3 is 6.16 Å². The number of rotatable bonds is 9. The van der Waals surface area contributed by atoms with Crippen LogP contribution in [0.3, 0.4) is 0 Å². The van der Waals surface area contributed by atoms with Crippen molar-refractivity contribution in [1.82, 2.24) is 9.27 Å². The molecule has 8 nitrogen and oxygen atoms in total. The van der Waals surface area contributed by atoms with E-state index in [9.17, 15) is 9.59 Å². The lowest BCUT2D eigenvalue weighted by Gasteiger charge is -2.35. The number of anilines is 2. The van der Waals surface area contributed by atoms with Crippen LogP contribution in [0.4, 0.5) is 16.3 Å². The van der Waals surface area contributed by atoms with E-state index in [0.717, 1.165) is 68.9 Å². The van der Waals surface area contributed by atoms with E-state index in [0.29, 0.717) is 10.7 Å². The Morgan fingerprint density at radius 1 is 1.15 bits per heavy atom. The minimum atomic E-state index is -0.777. The van der Waals surface area contributed by atoms with E-state index in [1.54, 1.807) is 11.5 Å². The monoisotopic (exact) mass is 570 g/mol. The second-order valence-corrected chi connectivity index (χ2v) is 12.0. The van der Waals surface area contributed by atoms with Crippen molar-refractivity contribution in [3.05, 3.63) is 52.5 Å². The van der Waals surface area contributed by atoms with Gasteiger partial charge in [-0.05, 0) is 67.5 Å². The summed E-state index contributed by atoms with van der Waals surface area (Å²) in [6, 6.07) is 12.2. The molecule has 2 aliphatic rings. The third-order valence-corrected chi connectivity index (χ3v) is 8.60. The van der Waals surface area contributed by atoms with Gasteiger partial charge in [0.1, 0.15) is 11.4 Å². The van der Waals surface area contributed by atoms with Crippen LogP contribution in [-0.2, 0) is 27.1 Å². The van der Waals surface area contributed by atoms with Gasteiger partial charge in [-0.1, -0.05) is 43.1 Å². The molecule has 0 unspecified atom stereocenters. The normalized spacial score (nSPS) is 16.2. The molecule has 2 aliphatic heterocycles. The SMILES string of the molecule is CCCC(C)(C)OC(=O)OCN1C(=O)Cc2cc(CCN3CCN(c4nsc5ccccc45)CC3)c(Cl)cc21. The Hall–Kier alpha value is -2.88. The van der Waals surface area contributed by atoms with Gasteiger partial charge in [0.25, 0.3) is 0 Å². The lowest BCUT2D eigenvalue weighted by atomic mass is 10.0. The molecule has 0 aliphatic carbocycles. The Balaban J connectivity index is 1.14. The van der Waals surface area contributed by atoms with E-state index >= 15 is 0 Å². The van der Waals surface area contributed by atoms with Crippen LogP contribution in [0.15, 0.2) is 36.4 Å². The molecule has 3 heterocycles. The van der Waals surface area contributed by atoms with Crippen LogP contribution >= 0.6 is 23.1 Å². The number of carbonyl (C=O) groups excluding carboxylic acids is 2. The van der Waals surface area contributed by atoms with E-state index in [4.69, 9.17) is 25.4 Å². The topological polar surface area (TPSA) is 75.2 Å². The van der Waals surface area contributed by atoms with Gasteiger partial charge in [0.2, 0.25) is 5.91 Å². The first kappa shape index (κ1) is 27.7. The summed E-state index contributed by atoms with van der Waals surface area (Å²) in [7, 11) is 0. The molecule has 3 aromatic rings. The van der Waals surface area contributed by atoms with Crippen LogP contribution in [-0.4, -0.2) is 66.4 Å². The standard InChI is InChI=1S/C29H35ClN4O4S/c1-4-10-29(2,3)38-28(36)37-19-34-24-18-23(30)20(16-21(24)17-26(34)35)9-11-32-12-14-33(15-13-32)27-22-7-5-6-8-25(22)39-31-27/h5-8,16,18H,4,9-15,17,19H2,1-3H3. The van der Waals surface area contributed by atoms with Crippen LogP contribution in [0.1, 0.15) is 44.7 Å². The Labute approximate surface area is 238 Å². The molecule has 0 radical (unpaired) electrons. The molecule has 1 amide bonds. The van der Waals surface area contributed by atoms with E-state index in [1.807, 2.05) is 32.9 Å². The molecule has 0 spiro atoms. The molecule has 2 aromatic carbocycles. The van der Waals surface area contributed by atoms with Gasteiger partial charge in [0.05, 0.1) is 16.8 Å². The minimum absolute atomic E-state index is 0.121. The average Bonchev–Trinajstić information content (AvgIpc) is 3.46. The lowest BCUT2D eigenvalue weighted by molar-refractivity contribution is -0.118.